The zero-order chi connectivity index (χ0) is 21.6. The summed E-state index contributed by atoms with van der Waals surface area (Å²) in [6.45, 7) is -0.445. The van der Waals surface area contributed by atoms with Crippen molar-refractivity contribution in [3.63, 3.8) is 0 Å². The average Bonchev–Trinajstić information content (AvgIpc) is 2.67. The Labute approximate surface area is 173 Å². The highest BCUT2D eigenvalue weighted by Gasteiger charge is 2.13. The number of rotatable bonds is 9. The van der Waals surface area contributed by atoms with Crippen molar-refractivity contribution in [1.29, 1.82) is 0 Å². The number of benzene rings is 2. The second kappa shape index (κ2) is 9.57. The van der Waals surface area contributed by atoms with E-state index in [1.54, 1.807) is 24.3 Å². The summed E-state index contributed by atoms with van der Waals surface area (Å²) >= 11 is 0. The van der Waals surface area contributed by atoms with Crippen LogP contribution in [-0.2, 0) is 15.6 Å². The van der Waals surface area contributed by atoms with Gasteiger partial charge in [0.25, 0.3) is 0 Å². The maximum Gasteiger partial charge on any atom is 0.230 e. The molecule has 30 heavy (non-hydrogen) atoms. The smallest absolute Gasteiger partial charge is 0.230 e. The Hall–Kier alpha value is -3.14. The van der Waals surface area contributed by atoms with E-state index < -0.39 is 22.3 Å². The first-order valence-electron chi connectivity index (χ1n) is 9.05. The summed E-state index contributed by atoms with van der Waals surface area (Å²) < 4.78 is 54.5. The van der Waals surface area contributed by atoms with Crippen LogP contribution in [0.5, 0.6) is 5.75 Å². The van der Waals surface area contributed by atoms with Gasteiger partial charge in [0.15, 0.2) is 15.7 Å². The summed E-state index contributed by atoms with van der Waals surface area (Å²) in [6.07, 6.45) is 2.64. The zero-order valence-electron chi connectivity index (χ0n) is 16.2. The van der Waals surface area contributed by atoms with Crippen LogP contribution in [0.1, 0.15) is 12.0 Å². The molecule has 0 aliphatic rings. The maximum absolute atomic E-state index is 13.6. The van der Waals surface area contributed by atoms with Gasteiger partial charge in [-0.25, -0.2) is 22.8 Å². The lowest BCUT2D eigenvalue weighted by molar-refractivity contribution is 0.289. The van der Waals surface area contributed by atoms with Crippen LogP contribution in [-0.4, -0.2) is 42.9 Å². The molecule has 2 aromatic carbocycles. The summed E-state index contributed by atoms with van der Waals surface area (Å²) in [6, 6.07) is 10.8. The molecule has 7 nitrogen and oxygen atoms in total. The molecule has 0 fully saturated rings. The monoisotopic (exact) mass is 434 g/mol. The van der Waals surface area contributed by atoms with Gasteiger partial charge in [0.2, 0.25) is 5.95 Å². The number of hydrogen-bond acceptors (Lipinski definition) is 7. The van der Waals surface area contributed by atoms with E-state index >= 15 is 0 Å². The van der Waals surface area contributed by atoms with Crippen molar-refractivity contribution in [3.8, 4) is 17.1 Å². The highest BCUT2D eigenvalue weighted by molar-refractivity contribution is 7.89. The molecule has 1 heterocycles. The second-order valence-corrected chi connectivity index (χ2v) is 8.70. The first-order valence-corrected chi connectivity index (χ1v) is 11.1. The average molecular weight is 434 g/mol. The quantitative estimate of drug-likeness (QED) is 0.513. The molecule has 0 amide bonds. The van der Waals surface area contributed by atoms with E-state index in [1.807, 2.05) is 0 Å². The summed E-state index contributed by atoms with van der Waals surface area (Å²) in [5.41, 5.74) is 1.66. The molecule has 0 aliphatic carbocycles. The lowest BCUT2D eigenvalue weighted by Crippen LogP contribution is -2.04. The fourth-order valence-corrected chi connectivity index (χ4v) is 3.48. The number of hydrogen-bond donors (Lipinski definition) is 1. The van der Waals surface area contributed by atoms with Crippen molar-refractivity contribution in [2.75, 3.05) is 24.9 Å². The van der Waals surface area contributed by atoms with Gasteiger partial charge in [0.1, 0.15) is 17.9 Å². The molecule has 3 aromatic rings. The van der Waals surface area contributed by atoms with Gasteiger partial charge in [-0.2, -0.15) is 4.98 Å². The molecule has 0 saturated heterocycles. The van der Waals surface area contributed by atoms with Gasteiger partial charge in [-0.1, -0.05) is 12.1 Å². The van der Waals surface area contributed by atoms with Crippen LogP contribution >= 0.6 is 0 Å². The molecule has 1 aromatic heterocycles. The van der Waals surface area contributed by atoms with Gasteiger partial charge in [0, 0.05) is 24.4 Å². The fraction of sp³-hybridized carbons (Fsp3) is 0.250. The Kier molecular flexibility index (Phi) is 6.88. The SMILES string of the molecule is CS(=O)(=O)Cc1cccc(Nc2ncnc(-c3ccc(F)cc3OCCCF)n2)c1. The number of aromatic nitrogens is 3. The summed E-state index contributed by atoms with van der Waals surface area (Å²) in [5.74, 6) is 0.0885. The van der Waals surface area contributed by atoms with E-state index in [0.29, 0.717) is 16.8 Å². The number of alkyl halides is 1. The predicted octanol–water partition coefficient (Wildman–Crippen LogP) is 3.70. The highest BCUT2D eigenvalue weighted by Crippen LogP contribution is 2.29. The van der Waals surface area contributed by atoms with Crippen LogP contribution in [0.15, 0.2) is 48.8 Å². The number of nitrogens with zero attached hydrogens (tertiary/aromatic N) is 3. The summed E-state index contributed by atoms with van der Waals surface area (Å²) in [7, 11) is -3.16. The normalized spacial score (nSPS) is 11.3. The predicted molar refractivity (Wildman–Crippen MR) is 110 cm³/mol. The Morgan fingerprint density at radius 1 is 1.13 bits per heavy atom. The van der Waals surface area contributed by atoms with Gasteiger partial charge in [-0.3, -0.25) is 4.39 Å². The standard InChI is InChI=1S/C20H20F2N4O3S/c1-30(27,28)12-14-4-2-5-16(10-14)25-20-24-13-23-19(26-20)17-7-6-15(22)11-18(17)29-9-3-8-21/h2,4-7,10-11,13H,3,8-9,12H2,1H3,(H,23,24,25,26). The summed E-state index contributed by atoms with van der Waals surface area (Å²) in [4.78, 5) is 12.5. The molecule has 1 N–H and O–H groups in total. The molecule has 0 atom stereocenters. The van der Waals surface area contributed by atoms with Crippen LogP contribution < -0.4 is 10.1 Å². The molecule has 0 saturated carbocycles. The molecule has 0 bridgehead atoms. The molecule has 0 spiro atoms. The molecule has 0 aliphatic heterocycles. The largest absolute Gasteiger partial charge is 0.493 e. The number of ether oxygens (including phenoxy) is 1. The van der Waals surface area contributed by atoms with Crippen molar-refractivity contribution in [1.82, 2.24) is 15.0 Å². The molecule has 158 valence electrons. The first-order chi connectivity index (χ1) is 14.3. The van der Waals surface area contributed by atoms with Crippen molar-refractivity contribution in [2.45, 2.75) is 12.2 Å². The van der Waals surface area contributed by atoms with Crippen molar-refractivity contribution in [2.24, 2.45) is 0 Å². The molecular weight excluding hydrogens is 414 g/mol. The maximum atomic E-state index is 13.6. The van der Waals surface area contributed by atoms with Gasteiger partial charge >= 0.3 is 0 Å². The third kappa shape index (κ3) is 6.18. The molecule has 3 rings (SSSR count). The third-order valence-electron chi connectivity index (χ3n) is 3.90. The number of anilines is 2. The zero-order valence-corrected chi connectivity index (χ0v) is 17.0. The van der Waals surface area contributed by atoms with E-state index in [-0.39, 0.29) is 36.3 Å². The number of nitrogens with one attached hydrogen (secondary N) is 1. The van der Waals surface area contributed by atoms with Crippen LogP contribution in [0.3, 0.4) is 0 Å². The van der Waals surface area contributed by atoms with Gasteiger partial charge in [0.05, 0.1) is 24.6 Å². The Bertz CT molecular complexity index is 1130. The van der Waals surface area contributed by atoms with E-state index in [4.69, 9.17) is 4.74 Å². The lowest BCUT2D eigenvalue weighted by atomic mass is 10.2. The van der Waals surface area contributed by atoms with Gasteiger partial charge in [-0.05, 0) is 29.8 Å². The van der Waals surface area contributed by atoms with E-state index in [0.717, 1.165) is 0 Å². The van der Waals surface area contributed by atoms with E-state index in [9.17, 15) is 17.2 Å². The molecule has 10 heteroatoms. The summed E-state index contributed by atoms with van der Waals surface area (Å²) in [5, 5.41) is 3.00. The van der Waals surface area contributed by atoms with Crippen LogP contribution in [0.2, 0.25) is 0 Å². The number of halogens is 2. The van der Waals surface area contributed by atoms with E-state index in [2.05, 4.69) is 20.3 Å². The molecule has 0 radical (unpaired) electrons. The van der Waals surface area contributed by atoms with Crippen LogP contribution in [0, 0.1) is 5.82 Å². The second-order valence-electron chi connectivity index (χ2n) is 6.56. The van der Waals surface area contributed by atoms with Crippen LogP contribution in [0.4, 0.5) is 20.4 Å². The Balaban J connectivity index is 1.85. The number of sulfone groups is 1. The lowest BCUT2D eigenvalue weighted by Gasteiger charge is -2.11. The Morgan fingerprint density at radius 3 is 2.73 bits per heavy atom. The van der Waals surface area contributed by atoms with Crippen molar-refractivity contribution in [3.05, 3.63) is 60.2 Å². The Morgan fingerprint density at radius 2 is 1.97 bits per heavy atom. The van der Waals surface area contributed by atoms with Gasteiger partial charge in [-0.15, -0.1) is 0 Å². The molecule has 0 unspecified atom stereocenters. The highest BCUT2D eigenvalue weighted by atomic mass is 32.2. The van der Waals surface area contributed by atoms with Crippen molar-refractivity contribution >= 4 is 21.5 Å². The minimum atomic E-state index is -3.16. The molecular formula is C20H20F2N4O3S. The minimum Gasteiger partial charge on any atom is -0.493 e. The minimum absolute atomic E-state index is 0.0832. The van der Waals surface area contributed by atoms with E-state index in [1.165, 1.54) is 30.8 Å². The van der Waals surface area contributed by atoms with Crippen molar-refractivity contribution < 1.29 is 21.9 Å². The van der Waals surface area contributed by atoms with Crippen LogP contribution in [0.25, 0.3) is 11.4 Å². The topological polar surface area (TPSA) is 94.1 Å². The third-order valence-corrected chi connectivity index (χ3v) is 4.76. The fourth-order valence-electron chi connectivity index (χ4n) is 2.69. The first kappa shape index (κ1) is 21.6. The van der Waals surface area contributed by atoms with Gasteiger partial charge < -0.3 is 10.1 Å².